The summed E-state index contributed by atoms with van der Waals surface area (Å²) < 4.78 is 0. The van der Waals surface area contributed by atoms with Crippen molar-refractivity contribution in [2.75, 3.05) is 34.8 Å². The van der Waals surface area contributed by atoms with E-state index in [1.165, 1.54) is 24.0 Å². The average Bonchev–Trinajstić information content (AvgIpc) is 3.44. The van der Waals surface area contributed by atoms with E-state index in [-0.39, 0.29) is 24.3 Å². The minimum absolute atomic E-state index is 0.109. The number of benzene rings is 3. The number of carbonyl (C=O) groups is 2. The molecule has 6 heteroatoms. The number of fused-ring (bicyclic) bond motifs is 1. The minimum Gasteiger partial charge on any atom is -0.371 e. The maximum Gasteiger partial charge on any atom is 0.251 e. The smallest absolute Gasteiger partial charge is 0.251 e. The standard InChI is InChI=1S/C30H34N4O2/c1-22(19-29(35)32-26-9-6-10-28(20-26)33-16-4-5-17-33)31-30(36)24-11-13-27(14-12-24)34-18-15-23-7-2-3-8-25(23)21-34/h2-3,6-14,20,22H,4-5,15-19,21H2,1H3,(H,31,36)(H,32,35). The van der Waals surface area contributed by atoms with Crippen molar-refractivity contribution < 1.29 is 9.59 Å². The Morgan fingerprint density at radius 1 is 0.833 bits per heavy atom. The van der Waals surface area contributed by atoms with Crippen LogP contribution < -0.4 is 20.4 Å². The number of rotatable bonds is 7. The minimum atomic E-state index is -0.280. The lowest BCUT2D eigenvalue weighted by Gasteiger charge is -2.30. The molecule has 0 radical (unpaired) electrons. The molecule has 1 fully saturated rings. The molecule has 6 nitrogen and oxygen atoms in total. The Kier molecular flexibility index (Phi) is 7.21. The highest BCUT2D eigenvalue weighted by Crippen LogP contribution is 2.25. The Morgan fingerprint density at radius 3 is 2.36 bits per heavy atom. The molecule has 3 aromatic carbocycles. The molecular formula is C30H34N4O2. The van der Waals surface area contributed by atoms with Crippen LogP contribution in [0, 0.1) is 0 Å². The Hall–Kier alpha value is -3.80. The lowest BCUT2D eigenvalue weighted by Crippen LogP contribution is -2.35. The van der Waals surface area contributed by atoms with Crippen LogP contribution >= 0.6 is 0 Å². The van der Waals surface area contributed by atoms with Gasteiger partial charge in [0.2, 0.25) is 5.91 Å². The Bertz CT molecular complexity index is 1220. The van der Waals surface area contributed by atoms with Gasteiger partial charge in [0.1, 0.15) is 0 Å². The van der Waals surface area contributed by atoms with Crippen LogP contribution in [0.15, 0.2) is 72.8 Å². The first-order chi connectivity index (χ1) is 17.5. The maximum atomic E-state index is 12.8. The van der Waals surface area contributed by atoms with Gasteiger partial charge in [-0.15, -0.1) is 0 Å². The summed E-state index contributed by atoms with van der Waals surface area (Å²) in [6.45, 7) is 5.84. The van der Waals surface area contributed by atoms with Gasteiger partial charge in [-0.25, -0.2) is 0 Å². The molecule has 186 valence electrons. The summed E-state index contributed by atoms with van der Waals surface area (Å²) in [5.41, 5.74) is 6.43. The summed E-state index contributed by atoms with van der Waals surface area (Å²) in [5.74, 6) is -0.274. The van der Waals surface area contributed by atoms with Crippen LogP contribution in [0.1, 0.15) is 47.7 Å². The quantitative estimate of drug-likeness (QED) is 0.498. The van der Waals surface area contributed by atoms with Crippen molar-refractivity contribution in [1.29, 1.82) is 0 Å². The van der Waals surface area contributed by atoms with Crippen LogP contribution in [0.4, 0.5) is 17.1 Å². The van der Waals surface area contributed by atoms with Crippen LogP contribution in [0.3, 0.4) is 0 Å². The Labute approximate surface area is 213 Å². The summed E-state index contributed by atoms with van der Waals surface area (Å²) in [5, 5.41) is 5.94. The molecule has 3 aromatic rings. The fourth-order valence-corrected chi connectivity index (χ4v) is 5.14. The SMILES string of the molecule is CC(CC(=O)Nc1cccc(N2CCCC2)c1)NC(=O)c1ccc(N2CCc3ccccc3C2)cc1. The second kappa shape index (κ2) is 10.9. The predicted octanol–water partition coefficient (Wildman–Crippen LogP) is 5.00. The van der Waals surface area contributed by atoms with Crippen molar-refractivity contribution >= 4 is 28.9 Å². The molecule has 2 amide bonds. The lowest BCUT2D eigenvalue weighted by molar-refractivity contribution is -0.116. The molecule has 2 N–H and O–H groups in total. The molecule has 1 saturated heterocycles. The molecule has 2 heterocycles. The second-order valence-electron chi connectivity index (χ2n) is 9.86. The van der Waals surface area contributed by atoms with Crippen molar-refractivity contribution in [3.8, 4) is 0 Å². The molecule has 0 aliphatic carbocycles. The third-order valence-electron chi connectivity index (χ3n) is 7.10. The number of hydrogen-bond donors (Lipinski definition) is 2. The third-order valence-corrected chi connectivity index (χ3v) is 7.10. The van der Waals surface area contributed by atoms with Crippen LogP contribution in [-0.2, 0) is 17.8 Å². The monoisotopic (exact) mass is 482 g/mol. The van der Waals surface area contributed by atoms with Gasteiger partial charge in [-0.05, 0) is 79.8 Å². The number of nitrogens with one attached hydrogen (secondary N) is 2. The van der Waals surface area contributed by atoms with Crippen molar-refractivity contribution in [3.63, 3.8) is 0 Å². The first-order valence-corrected chi connectivity index (χ1v) is 12.9. The van der Waals surface area contributed by atoms with Gasteiger partial charge >= 0.3 is 0 Å². The Balaban J connectivity index is 1.12. The van der Waals surface area contributed by atoms with Crippen LogP contribution in [0.25, 0.3) is 0 Å². The van der Waals surface area contributed by atoms with E-state index in [0.29, 0.717) is 5.56 Å². The van der Waals surface area contributed by atoms with Crippen LogP contribution in [-0.4, -0.2) is 37.5 Å². The van der Waals surface area contributed by atoms with Gasteiger partial charge in [-0.3, -0.25) is 9.59 Å². The zero-order valence-corrected chi connectivity index (χ0v) is 20.9. The van der Waals surface area contributed by atoms with Crippen LogP contribution in [0.2, 0.25) is 0 Å². The van der Waals surface area contributed by atoms with Crippen molar-refractivity contribution in [2.45, 2.75) is 45.2 Å². The van der Waals surface area contributed by atoms with Crippen molar-refractivity contribution in [3.05, 3.63) is 89.5 Å². The Morgan fingerprint density at radius 2 is 1.58 bits per heavy atom. The average molecular weight is 483 g/mol. The fourth-order valence-electron chi connectivity index (χ4n) is 5.14. The first kappa shape index (κ1) is 23.9. The van der Waals surface area contributed by atoms with Gasteiger partial charge in [0.25, 0.3) is 5.91 Å². The number of carbonyl (C=O) groups excluding carboxylic acids is 2. The summed E-state index contributed by atoms with van der Waals surface area (Å²) in [6.07, 6.45) is 3.66. The topological polar surface area (TPSA) is 64.7 Å². The molecule has 36 heavy (non-hydrogen) atoms. The third kappa shape index (κ3) is 5.70. The highest BCUT2D eigenvalue weighted by molar-refractivity contribution is 5.96. The molecule has 1 atom stereocenters. The first-order valence-electron chi connectivity index (χ1n) is 12.9. The van der Waals surface area contributed by atoms with E-state index >= 15 is 0 Å². The van der Waals surface area contributed by atoms with Gasteiger partial charge < -0.3 is 20.4 Å². The molecular weight excluding hydrogens is 448 g/mol. The molecule has 1 unspecified atom stereocenters. The van der Waals surface area contributed by atoms with E-state index in [1.807, 2.05) is 49.4 Å². The second-order valence-corrected chi connectivity index (χ2v) is 9.86. The molecule has 5 rings (SSSR count). The van der Waals surface area contributed by atoms with Gasteiger partial charge in [-0.2, -0.15) is 0 Å². The number of amides is 2. The van der Waals surface area contributed by atoms with Crippen LogP contribution in [0.5, 0.6) is 0 Å². The zero-order valence-electron chi connectivity index (χ0n) is 20.9. The summed E-state index contributed by atoms with van der Waals surface area (Å²) in [7, 11) is 0. The maximum absolute atomic E-state index is 12.8. The van der Waals surface area contributed by atoms with E-state index in [2.05, 4.69) is 50.8 Å². The van der Waals surface area contributed by atoms with Gasteiger partial charge in [-0.1, -0.05) is 30.3 Å². The largest absolute Gasteiger partial charge is 0.371 e. The molecule has 0 aromatic heterocycles. The highest BCUT2D eigenvalue weighted by atomic mass is 16.2. The van der Waals surface area contributed by atoms with Gasteiger partial charge in [0, 0.05) is 61.3 Å². The number of anilines is 3. The lowest BCUT2D eigenvalue weighted by atomic mass is 9.99. The summed E-state index contributed by atoms with van der Waals surface area (Å²) >= 11 is 0. The van der Waals surface area contributed by atoms with E-state index < -0.39 is 0 Å². The normalized spacial score (nSPS) is 15.8. The van der Waals surface area contributed by atoms with E-state index in [0.717, 1.165) is 49.7 Å². The van der Waals surface area contributed by atoms with Gasteiger partial charge in [0.15, 0.2) is 0 Å². The molecule has 0 saturated carbocycles. The van der Waals surface area contributed by atoms with E-state index in [4.69, 9.17) is 0 Å². The van der Waals surface area contributed by atoms with Gasteiger partial charge in [0.05, 0.1) is 0 Å². The zero-order chi connectivity index (χ0) is 24.9. The number of nitrogens with zero attached hydrogens (tertiary/aromatic N) is 2. The van der Waals surface area contributed by atoms with Crippen molar-refractivity contribution in [2.24, 2.45) is 0 Å². The van der Waals surface area contributed by atoms with E-state index in [9.17, 15) is 9.59 Å². The molecule has 2 aliphatic heterocycles. The summed E-state index contributed by atoms with van der Waals surface area (Å²) in [4.78, 5) is 30.1. The number of hydrogen-bond acceptors (Lipinski definition) is 4. The predicted molar refractivity (Wildman–Crippen MR) is 146 cm³/mol. The summed E-state index contributed by atoms with van der Waals surface area (Å²) in [6, 6.07) is 24.0. The molecule has 0 bridgehead atoms. The fraction of sp³-hybridized carbons (Fsp3) is 0.333. The molecule has 2 aliphatic rings. The molecule has 0 spiro atoms. The van der Waals surface area contributed by atoms with E-state index in [1.54, 1.807) is 0 Å². The highest BCUT2D eigenvalue weighted by Gasteiger charge is 2.18. The van der Waals surface area contributed by atoms with Crippen molar-refractivity contribution in [1.82, 2.24) is 5.32 Å².